The average Bonchev–Trinajstić information content (AvgIpc) is 3.62. The van der Waals surface area contributed by atoms with Gasteiger partial charge in [0.15, 0.2) is 11.6 Å². The molecule has 38 heavy (non-hydrogen) atoms. The third kappa shape index (κ3) is 4.20. The molecule has 0 saturated carbocycles. The smallest absolute Gasteiger partial charge is 0.343 e. The van der Waals surface area contributed by atoms with Crippen molar-refractivity contribution < 1.29 is 9.52 Å². The second-order valence-electron chi connectivity index (χ2n) is 10.4. The van der Waals surface area contributed by atoms with E-state index < -0.39 is 5.60 Å². The highest BCUT2D eigenvalue weighted by molar-refractivity contribution is 6.14. The number of fused-ring (bicyclic) bond motifs is 3. The monoisotopic (exact) mass is 519 g/mol. The van der Waals surface area contributed by atoms with E-state index >= 15 is 0 Å². The van der Waals surface area contributed by atoms with Crippen molar-refractivity contribution in [2.75, 3.05) is 42.6 Å². The lowest BCUT2D eigenvalue weighted by atomic mass is 9.98. The minimum atomic E-state index is -0.846. The zero-order valence-corrected chi connectivity index (χ0v) is 21.8. The molecule has 0 bridgehead atoms. The number of aromatic amines is 1. The van der Waals surface area contributed by atoms with E-state index in [1.165, 1.54) is 5.01 Å². The van der Waals surface area contributed by atoms with Crippen LogP contribution in [0.3, 0.4) is 0 Å². The van der Waals surface area contributed by atoms with E-state index in [1.807, 2.05) is 25.1 Å². The Morgan fingerprint density at radius 2 is 1.87 bits per heavy atom. The number of benzene rings is 1. The maximum atomic E-state index is 12.9. The Balaban J connectivity index is 1.17. The summed E-state index contributed by atoms with van der Waals surface area (Å²) in [6.45, 7) is 10.2. The Labute approximate surface area is 219 Å². The van der Waals surface area contributed by atoms with Crippen LogP contribution in [0.15, 0.2) is 56.9 Å². The predicted molar refractivity (Wildman–Crippen MR) is 145 cm³/mol. The summed E-state index contributed by atoms with van der Waals surface area (Å²) in [6, 6.07) is 11.7. The van der Waals surface area contributed by atoms with Crippen LogP contribution < -0.4 is 21.4 Å². The van der Waals surface area contributed by atoms with Crippen LogP contribution in [0.1, 0.15) is 37.8 Å². The van der Waals surface area contributed by atoms with Crippen molar-refractivity contribution in [3.05, 3.63) is 70.2 Å². The summed E-state index contributed by atoms with van der Waals surface area (Å²) < 4.78 is 8.91. The van der Waals surface area contributed by atoms with Crippen molar-refractivity contribution in [1.29, 1.82) is 0 Å². The van der Waals surface area contributed by atoms with Crippen LogP contribution in [0.4, 0.5) is 11.5 Å². The number of rotatable bonds is 6. The summed E-state index contributed by atoms with van der Waals surface area (Å²) in [6.07, 6.45) is 1.26. The summed E-state index contributed by atoms with van der Waals surface area (Å²) in [4.78, 5) is 27.0. The SMILES string of the molecule is CC1N=C(c2ccco2)c2c(nc3n(CCN4CCN(c5ccc(C(C)(C)O)cc5)CC4)c(=O)[nH]n23)N1N. The molecule has 1 atom stereocenters. The van der Waals surface area contributed by atoms with Gasteiger partial charge in [-0.1, -0.05) is 12.1 Å². The summed E-state index contributed by atoms with van der Waals surface area (Å²) in [5.41, 5.74) is 2.18. The molecule has 12 nitrogen and oxygen atoms in total. The number of hydrazine groups is 1. The first-order chi connectivity index (χ1) is 18.2. The topological polar surface area (TPSA) is 137 Å². The van der Waals surface area contributed by atoms with Gasteiger partial charge in [-0.2, -0.15) is 4.98 Å². The Morgan fingerprint density at radius 3 is 2.53 bits per heavy atom. The number of imidazole rings is 1. The normalized spacial score (nSPS) is 18.8. The number of hydrogen-bond donors (Lipinski definition) is 3. The number of H-pyrrole nitrogens is 1. The highest BCUT2D eigenvalue weighted by Gasteiger charge is 2.33. The van der Waals surface area contributed by atoms with Gasteiger partial charge in [0.2, 0.25) is 5.78 Å². The molecule has 2 aliphatic rings. The Bertz CT molecular complexity index is 1510. The van der Waals surface area contributed by atoms with Gasteiger partial charge >= 0.3 is 5.69 Å². The van der Waals surface area contributed by atoms with E-state index in [-0.39, 0.29) is 11.9 Å². The summed E-state index contributed by atoms with van der Waals surface area (Å²) in [5.74, 6) is 7.92. The third-order valence-electron chi connectivity index (χ3n) is 7.43. The molecule has 200 valence electrons. The standard InChI is InChI=1S/C26H33N9O3/c1-17-28-21(20-5-4-16-38-20)22-23(34(17)27)29-24-33(25(36)30-35(22)24)15-12-31-10-13-32(14-11-31)19-8-6-18(7-9-19)26(2,3)37/h4-9,16-17,37H,10-15,27H2,1-3H3,(H,30,36). The summed E-state index contributed by atoms with van der Waals surface area (Å²) in [5, 5.41) is 14.6. The molecular weight excluding hydrogens is 486 g/mol. The lowest BCUT2D eigenvalue weighted by Gasteiger charge is -2.36. The number of hydrogen-bond acceptors (Lipinski definition) is 9. The molecule has 4 aromatic rings. The largest absolute Gasteiger partial charge is 0.463 e. The van der Waals surface area contributed by atoms with Gasteiger partial charge in [0.1, 0.15) is 17.6 Å². The second-order valence-corrected chi connectivity index (χ2v) is 10.4. The Hall–Kier alpha value is -3.87. The first-order valence-electron chi connectivity index (χ1n) is 12.9. The summed E-state index contributed by atoms with van der Waals surface area (Å²) in [7, 11) is 0. The number of aliphatic imine (C=N–C) groups is 1. The van der Waals surface area contributed by atoms with Gasteiger partial charge < -0.3 is 14.4 Å². The molecule has 0 amide bonds. The molecule has 0 aliphatic carbocycles. The van der Waals surface area contributed by atoms with Crippen molar-refractivity contribution in [2.24, 2.45) is 10.8 Å². The number of aromatic nitrogens is 4. The van der Waals surface area contributed by atoms with Crippen LogP contribution in [-0.2, 0) is 12.1 Å². The zero-order chi connectivity index (χ0) is 26.6. The van der Waals surface area contributed by atoms with Gasteiger partial charge in [0.05, 0.1) is 11.9 Å². The van der Waals surface area contributed by atoms with Gasteiger partial charge in [0.25, 0.3) is 0 Å². The number of aliphatic hydroxyl groups is 1. The average molecular weight is 520 g/mol. The fourth-order valence-electron chi connectivity index (χ4n) is 5.16. The van der Waals surface area contributed by atoms with Crippen molar-refractivity contribution in [3.8, 4) is 0 Å². The molecule has 2 aliphatic heterocycles. The second kappa shape index (κ2) is 9.15. The van der Waals surface area contributed by atoms with E-state index in [4.69, 9.17) is 15.2 Å². The number of anilines is 2. The molecule has 0 spiro atoms. The maximum Gasteiger partial charge on any atom is 0.343 e. The fraction of sp³-hybridized carbons (Fsp3) is 0.423. The fourth-order valence-corrected chi connectivity index (χ4v) is 5.16. The van der Waals surface area contributed by atoms with Crippen LogP contribution in [0.2, 0.25) is 0 Å². The number of nitrogens with zero attached hydrogens (tertiary/aromatic N) is 7. The number of piperazine rings is 1. The Morgan fingerprint density at radius 1 is 1.13 bits per heavy atom. The zero-order valence-electron chi connectivity index (χ0n) is 21.8. The van der Waals surface area contributed by atoms with Crippen LogP contribution in [-0.4, -0.2) is 73.8 Å². The van der Waals surface area contributed by atoms with Crippen LogP contribution in [0.5, 0.6) is 0 Å². The predicted octanol–water partition coefficient (Wildman–Crippen LogP) is 1.34. The quantitative estimate of drug-likeness (QED) is 0.325. The molecular formula is C26H33N9O3. The minimum absolute atomic E-state index is 0.234. The van der Waals surface area contributed by atoms with Crippen molar-refractivity contribution >= 4 is 23.0 Å². The van der Waals surface area contributed by atoms with Crippen LogP contribution in [0, 0.1) is 0 Å². The first kappa shape index (κ1) is 24.5. The lowest BCUT2D eigenvalue weighted by molar-refractivity contribution is 0.0786. The van der Waals surface area contributed by atoms with Crippen molar-refractivity contribution in [3.63, 3.8) is 0 Å². The van der Waals surface area contributed by atoms with Gasteiger partial charge in [-0.05, 0) is 50.6 Å². The highest BCUT2D eigenvalue weighted by Crippen LogP contribution is 2.29. The van der Waals surface area contributed by atoms with E-state index in [9.17, 15) is 9.90 Å². The van der Waals surface area contributed by atoms with Gasteiger partial charge in [-0.15, -0.1) is 0 Å². The van der Waals surface area contributed by atoms with Crippen molar-refractivity contribution in [2.45, 2.75) is 39.1 Å². The molecule has 1 fully saturated rings. The number of nitrogens with one attached hydrogen (secondary N) is 1. The Kier molecular flexibility index (Phi) is 5.89. The van der Waals surface area contributed by atoms with Crippen LogP contribution >= 0.6 is 0 Å². The van der Waals surface area contributed by atoms with Gasteiger partial charge in [-0.25, -0.2) is 20.3 Å². The molecule has 3 aromatic heterocycles. The maximum absolute atomic E-state index is 12.9. The molecule has 12 heteroatoms. The number of furan rings is 1. The third-order valence-corrected chi connectivity index (χ3v) is 7.43. The number of nitrogens with two attached hydrogens (primary N) is 1. The van der Waals surface area contributed by atoms with Gasteiger partial charge in [0, 0.05) is 45.0 Å². The van der Waals surface area contributed by atoms with E-state index in [0.717, 1.165) is 44.0 Å². The molecule has 4 N–H and O–H groups in total. The molecule has 5 heterocycles. The summed E-state index contributed by atoms with van der Waals surface area (Å²) >= 11 is 0. The van der Waals surface area contributed by atoms with E-state index in [0.29, 0.717) is 35.3 Å². The molecule has 1 unspecified atom stereocenters. The molecule has 0 radical (unpaired) electrons. The van der Waals surface area contributed by atoms with E-state index in [1.54, 1.807) is 35.3 Å². The molecule has 1 aromatic carbocycles. The highest BCUT2D eigenvalue weighted by atomic mass is 16.3. The first-order valence-corrected chi connectivity index (χ1v) is 12.9. The van der Waals surface area contributed by atoms with Crippen molar-refractivity contribution in [1.82, 2.24) is 24.1 Å². The molecule has 6 rings (SSSR count). The lowest BCUT2D eigenvalue weighted by Crippen LogP contribution is -2.47. The van der Waals surface area contributed by atoms with E-state index in [2.05, 4.69) is 32.0 Å². The minimum Gasteiger partial charge on any atom is -0.463 e. The van der Waals surface area contributed by atoms with Crippen LogP contribution in [0.25, 0.3) is 5.78 Å². The van der Waals surface area contributed by atoms with Gasteiger partial charge in [-0.3, -0.25) is 19.5 Å². The molecule has 1 saturated heterocycles.